The van der Waals surface area contributed by atoms with Crippen LogP contribution in [0, 0.1) is 62.6 Å². The molecule has 4 aliphatic carbocycles. The van der Waals surface area contributed by atoms with E-state index in [0.717, 1.165) is 45.1 Å². The van der Waals surface area contributed by atoms with E-state index in [-0.39, 0.29) is 45.2 Å². The van der Waals surface area contributed by atoms with Crippen LogP contribution in [-0.4, -0.2) is 56.8 Å². The minimum Gasteiger partial charge on any atom is -0.481 e. The number of aliphatic carboxylic acids is 1. The van der Waals surface area contributed by atoms with Crippen molar-refractivity contribution in [1.29, 1.82) is 0 Å². The Labute approximate surface area is 249 Å². The second-order valence-corrected chi connectivity index (χ2v) is 16.4. The van der Waals surface area contributed by atoms with Crippen molar-refractivity contribution in [2.75, 3.05) is 33.5 Å². The van der Waals surface area contributed by atoms with Gasteiger partial charge >= 0.3 is 5.97 Å². The lowest BCUT2D eigenvalue weighted by atomic mass is 9.34. The van der Waals surface area contributed by atoms with E-state index in [4.69, 9.17) is 19.9 Å². The summed E-state index contributed by atoms with van der Waals surface area (Å²) in [4.78, 5) is 13.3. The number of carboxylic acids is 1. The Hall–Kier alpha value is -0.950. The van der Waals surface area contributed by atoms with Gasteiger partial charge in [0.05, 0.1) is 37.9 Å². The first-order valence-corrected chi connectivity index (χ1v) is 16.5. The van der Waals surface area contributed by atoms with Crippen LogP contribution >= 0.6 is 0 Å². The predicted molar refractivity (Wildman–Crippen MR) is 162 cm³/mol. The van der Waals surface area contributed by atoms with Gasteiger partial charge in [0, 0.05) is 17.9 Å². The van der Waals surface area contributed by atoms with Crippen LogP contribution in [0.2, 0.25) is 0 Å². The molecule has 6 heteroatoms. The molecule has 6 nitrogen and oxygen atoms in total. The lowest BCUT2D eigenvalue weighted by molar-refractivity contribution is -0.268. The number of hydrogen-bond donors (Lipinski definition) is 2. The number of carboxylic acid groups (broad SMARTS) is 1. The SMILES string of the molecule is CO[C@@H]1C[C@]23COC[C@](C)([C@@H]2CC[C@H]2C3=CC[C@@]3(C)[C@H](C(=O)O)[C@@](C)([C@H](C)C(C)C)CC[C@]23C)[C@H]1OCC(C)CN. The molecule has 0 amide bonds. The third-order valence-corrected chi connectivity index (χ3v) is 14.3. The zero-order valence-corrected chi connectivity index (χ0v) is 27.4. The molecule has 0 aromatic rings. The first-order chi connectivity index (χ1) is 19.2. The Morgan fingerprint density at radius 2 is 1.80 bits per heavy atom. The van der Waals surface area contributed by atoms with Crippen molar-refractivity contribution < 1.29 is 24.1 Å². The molecule has 234 valence electrons. The van der Waals surface area contributed by atoms with Crippen LogP contribution in [0.1, 0.15) is 93.9 Å². The van der Waals surface area contributed by atoms with E-state index in [1.807, 2.05) is 7.11 Å². The number of methoxy groups -OCH3 is 1. The van der Waals surface area contributed by atoms with Gasteiger partial charge in [-0.25, -0.2) is 0 Å². The molecule has 12 atom stereocenters. The molecule has 5 rings (SSSR count). The largest absolute Gasteiger partial charge is 0.481 e. The second kappa shape index (κ2) is 10.6. The number of hydrogen-bond acceptors (Lipinski definition) is 5. The Bertz CT molecular complexity index is 1040. The molecule has 0 aromatic heterocycles. The first kappa shape index (κ1) is 31.5. The molecule has 0 spiro atoms. The number of carbonyl (C=O) groups is 1. The second-order valence-electron chi connectivity index (χ2n) is 16.4. The van der Waals surface area contributed by atoms with E-state index in [9.17, 15) is 9.90 Å². The van der Waals surface area contributed by atoms with Gasteiger partial charge in [0.1, 0.15) is 0 Å². The monoisotopic (exact) mass is 573 g/mol. The van der Waals surface area contributed by atoms with Crippen LogP contribution in [0.5, 0.6) is 0 Å². The summed E-state index contributed by atoms with van der Waals surface area (Å²) in [7, 11) is 1.84. The Morgan fingerprint density at radius 1 is 1.10 bits per heavy atom. The van der Waals surface area contributed by atoms with Crippen LogP contribution in [0.3, 0.4) is 0 Å². The van der Waals surface area contributed by atoms with Crippen molar-refractivity contribution in [2.45, 2.75) is 106 Å². The maximum Gasteiger partial charge on any atom is 0.307 e. The fourth-order valence-corrected chi connectivity index (χ4v) is 11.4. The average Bonchev–Trinajstić information content (AvgIpc) is 2.91. The number of nitrogens with two attached hydrogens (primary N) is 1. The van der Waals surface area contributed by atoms with Gasteiger partial charge in [0.2, 0.25) is 0 Å². The van der Waals surface area contributed by atoms with Gasteiger partial charge in [-0.15, -0.1) is 0 Å². The van der Waals surface area contributed by atoms with E-state index in [1.165, 1.54) is 0 Å². The normalized spacial score (nSPS) is 48.9. The zero-order valence-electron chi connectivity index (χ0n) is 27.4. The minimum absolute atomic E-state index is 0.000743. The molecular formula is C35H59NO5. The molecular weight excluding hydrogens is 514 g/mol. The minimum atomic E-state index is -0.602. The third kappa shape index (κ3) is 4.27. The van der Waals surface area contributed by atoms with Crippen LogP contribution in [0.25, 0.3) is 0 Å². The van der Waals surface area contributed by atoms with Crippen molar-refractivity contribution >= 4 is 5.97 Å². The van der Waals surface area contributed by atoms with Gasteiger partial charge in [-0.1, -0.05) is 67.0 Å². The molecule has 1 unspecified atom stereocenters. The zero-order chi connectivity index (χ0) is 30.2. The third-order valence-electron chi connectivity index (χ3n) is 14.3. The van der Waals surface area contributed by atoms with Crippen LogP contribution < -0.4 is 5.73 Å². The molecule has 0 aromatic carbocycles. The van der Waals surface area contributed by atoms with E-state index in [2.05, 4.69) is 61.5 Å². The van der Waals surface area contributed by atoms with Crippen molar-refractivity contribution in [3.8, 4) is 0 Å². The summed E-state index contributed by atoms with van der Waals surface area (Å²) in [5.41, 5.74) is 6.68. The summed E-state index contributed by atoms with van der Waals surface area (Å²) in [5.74, 6) is 0.968. The van der Waals surface area contributed by atoms with Crippen LogP contribution in [0.15, 0.2) is 11.6 Å². The molecule has 3 N–H and O–H groups in total. The Kier molecular flexibility index (Phi) is 8.13. The van der Waals surface area contributed by atoms with Crippen molar-refractivity contribution in [1.82, 2.24) is 0 Å². The summed E-state index contributed by atoms with van der Waals surface area (Å²) in [6.45, 7) is 21.1. The van der Waals surface area contributed by atoms with Gasteiger partial charge in [0.25, 0.3) is 0 Å². The van der Waals surface area contributed by atoms with Crippen molar-refractivity contribution in [2.24, 2.45) is 68.3 Å². The van der Waals surface area contributed by atoms with Crippen LogP contribution in [-0.2, 0) is 19.0 Å². The van der Waals surface area contributed by atoms with Crippen molar-refractivity contribution in [3.63, 3.8) is 0 Å². The van der Waals surface area contributed by atoms with E-state index < -0.39 is 5.97 Å². The Balaban J connectivity index is 1.56. The van der Waals surface area contributed by atoms with Gasteiger partial charge in [-0.2, -0.15) is 0 Å². The molecule has 3 saturated carbocycles. The summed E-state index contributed by atoms with van der Waals surface area (Å²) in [5, 5.41) is 10.9. The molecule has 1 heterocycles. The highest BCUT2D eigenvalue weighted by Crippen LogP contribution is 2.75. The molecule has 1 aliphatic heterocycles. The quantitative estimate of drug-likeness (QED) is 0.319. The highest BCUT2D eigenvalue weighted by atomic mass is 16.5. The summed E-state index contributed by atoms with van der Waals surface area (Å²) >= 11 is 0. The first-order valence-electron chi connectivity index (χ1n) is 16.5. The summed E-state index contributed by atoms with van der Waals surface area (Å²) in [6, 6.07) is 0. The lowest BCUT2D eigenvalue weighted by Crippen LogP contribution is -2.70. The topological polar surface area (TPSA) is 91.0 Å². The molecule has 4 fully saturated rings. The van der Waals surface area contributed by atoms with E-state index >= 15 is 0 Å². The fourth-order valence-electron chi connectivity index (χ4n) is 11.4. The number of rotatable bonds is 8. The fraction of sp³-hybridized carbons (Fsp3) is 0.914. The van der Waals surface area contributed by atoms with Crippen LogP contribution in [0.4, 0.5) is 0 Å². The average molecular weight is 574 g/mol. The van der Waals surface area contributed by atoms with Gasteiger partial charge in [0.15, 0.2) is 0 Å². The highest BCUT2D eigenvalue weighted by Gasteiger charge is 2.71. The van der Waals surface area contributed by atoms with E-state index in [1.54, 1.807) is 5.57 Å². The molecule has 1 saturated heterocycles. The smallest absolute Gasteiger partial charge is 0.307 e. The number of fused-ring (bicyclic) bond motifs is 3. The number of ether oxygens (including phenoxy) is 3. The molecule has 41 heavy (non-hydrogen) atoms. The molecule has 0 radical (unpaired) electrons. The maximum atomic E-state index is 13.3. The summed E-state index contributed by atoms with van der Waals surface area (Å²) in [6.07, 6.45) is 8.52. The van der Waals surface area contributed by atoms with Gasteiger partial charge < -0.3 is 25.1 Å². The number of allylic oxidation sites excluding steroid dienone is 1. The standard InChI is InChI=1S/C35H59NO5/c1-21(2)23(4)31(5)14-15-33(7)24-10-11-27-32(6)19-40-20-35(27,16-26(39-9)29(32)41-18-22(3)17-36)25(24)12-13-34(33,8)28(31)30(37)38/h12,21-24,26-29H,10-11,13-20,36H2,1-9H3,(H,37,38)/t22?,23-,24+,26-,27+,28-,29+,31-,32-,33-,34+,35-/m1/s1. The van der Waals surface area contributed by atoms with E-state index in [0.29, 0.717) is 49.3 Å². The van der Waals surface area contributed by atoms with Gasteiger partial charge in [-0.05, 0) is 90.9 Å². The Morgan fingerprint density at radius 3 is 2.41 bits per heavy atom. The van der Waals surface area contributed by atoms with Crippen molar-refractivity contribution in [3.05, 3.63) is 11.6 Å². The highest BCUT2D eigenvalue weighted by molar-refractivity contribution is 5.73. The lowest BCUT2D eigenvalue weighted by Gasteiger charge is -2.71. The van der Waals surface area contributed by atoms with Gasteiger partial charge in [-0.3, -0.25) is 4.79 Å². The maximum absolute atomic E-state index is 13.3. The molecule has 2 bridgehead atoms. The summed E-state index contributed by atoms with van der Waals surface area (Å²) < 4.78 is 19.5. The molecule has 5 aliphatic rings. The predicted octanol–water partition coefficient (Wildman–Crippen LogP) is 6.57.